The van der Waals surface area contributed by atoms with Crippen LogP contribution < -0.4 is 20.1 Å². The third-order valence-electron chi connectivity index (χ3n) is 5.46. The second-order valence-electron chi connectivity index (χ2n) is 7.17. The Morgan fingerprint density at radius 3 is 2.67 bits per heavy atom. The smallest absolute Gasteiger partial charge is 0.262 e. The molecule has 3 aliphatic heterocycles. The van der Waals surface area contributed by atoms with E-state index in [4.69, 9.17) is 14.2 Å². The summed E-state index contributed by atoms with van der Waals surface area (Å²) in [7, 11) is 0. The van der Waals surface area contributed by atoms with Crippen LogP contribution in [0.4, 0.5) is 8.78 Å². The van der Waals surface area contributed by atoms with Gasteiger partial charge in [-0.2, -0.15) is 0 Å². The highest BCUT2D eigenvalue weighted by atomic mass is 35.5. The molecule has 2 fully saturated rings. The first-order valence-corrected chi connectivity index (χ1v) is 8.84. The molecule has 1 amide bonds. The van der Waals surface area contributed by atoms with Crippen molar-refractivity contribution in [2.75, 3.05) is 33.1 Å². The van der Waals surface area contributed by atoms with Gasteiger partial charge in [0.15, 0.2) is 11.5 Å². The number of carbonyl (C=O) groups is 1. The van der Waals surface area contributed by atoms with Crippen molar-refractivity contribution in [3.8, 4) is 11.5 Å². The van der Waals surface area contributed by atoms with Gasteiger partial charge in [-0.25, -0.2) is 8.78 Å². The summed E-state index contributed by atoms with van der Waals surface area (Å²) in [5, 5.41) is 5.47. The molecule has 0 spiro atoms. The maximum atomic E-state index is 13.3. The molecule has 3 heterocycles. The molecule has 1 aromatic rings. The normalized spacial score (nSPS) is 24.9. The molecular weight excluding hydrogens is 382 g/mol. The standard InChI is InChI=1S/C18H22F2N2O4.ClH/c19-18(20)8-13(21-10-18)16(23)22-9-17(3-5-24-6-4-17)12-1-2-14-15(7-12)26-11-25-14;/h1-2,7,13,21H,3-6,8-11H2,(H,22,23);1H. The lowest BCUT2D eigenvalue weighted by molar-refractivity contribution is -0.123. The van der Waals surface area contributed by atoms with Gasteiger partial charge in [0, 0.05) is 31.6 Å². The van der Waals surface area contributed by atoms with Gasteiger partial charge in [0.25, 0.3) is 5.92 Å². The van der Waals surface area contributed by atoms with E-state index in [0.29, 0.717) is 31.3 Å². The van der Waals surface area contributed by atoms with E-state index in [1.54, 1.807) is 0 Å². The first-order chi connectivity index (χ1) is 12.5. The minimum atomic E-state index is -2.82. The predicted octanol–water partition coefficient (Wildman–Crippen LogP) is 2.00. The minimum absolute atomic E-state index is 0. The molecule has 0 aromatic heterocycles. The van der Waals surface area contributed by atoms with E-state index in [9.17, 15) is 13.6 Å². The number of rotatable bonds is 4. The maximum Gasteiger partial charge on any atom is 0.262 e. The molecule has 6 nitrogen and oxygen atoms in total. The van der Waals surface area contributed by atoms with Crippen molar-refractivity contribution in [1.82, 2.24) is 10.6 Å². The third-order valence-corrected chi connectivity index (χ3v) is 5.46. The summed E-state index contributed by atoms with van der Waals surface area (Å²) in [4.78, 5) is 12.4. The number of fused-ring (bicyclic) bond motifs is 1. The average molecular weight is 405 g/mol. The molecule has 1 unspecified atom stereocenters. The number of nitrogens with one attached hydrogen (secondary N) is 2. The van der Waals surface area contributed by atoms with Crippen LogP contribution in [0.2, 0.25) is 0 Å². The Labute approximate surface area is 162 Å². The molecule has 9 heteroatoms. The van der Waals surface area contributed by atoms with Crippen molar-refractivity contribution in [2.24, 2.45) is 0 Å². The Balaban J connectivity index is 0.00000210. The Hall–Kier alpha value is -1.64. The number of carbonyl (C=O) groups excluding carboxylic acids is 1. The Kier molecular flexibility index (Phi) is 5.79. The summed E-state index contributed by atoms with van der Waals surface area (Å²) in [6, 6.07) is 4.95. The molecular formula is C18H23ClF2N2O4. The summed E-state index contributed by atoms with van der Waals surface area (Å²) >= 11 is 0. The van der Waals surface area contributed by atoms with Crippen molar-refractivity contribution >= 4 is 18.3 Å². The zero-order chi connectivity index (χ0) is 18.2. The monoisotopic (exact) mass is 404 g/mol. The van der Waals surface area contributed by atoms with Crippen LogP contribution in [0.25, 0.3) is 0 Å². The van der Waals surface area contributed by atoms with Crippen LogP contribution in [0.3, 0.4) is 0 Å². The summed E-state index contributed by atoms with van der Waals surface area (Å²) in [6.45, 7) is 1.30. The van der Waals surface area contributed by atoms with Crippen molar-refractivity contribution < 1.29 is 27.8 Å². The molecule has 0 saturated carbocycles. The molecule has 4 rings (SSSR count). The van der Waals surface area contributed by atoms with Crippen LogP contribution >= 0.6 is 12.4 Å². The van der Waals surface area contributed by atoms with Crippen molar-refractivity contribution in [3.05, 3.63) is 23.8 Å². The first kappa shape index (κ1) is 20.1. The van der Waals surface area contributed by atoms with Gasteiger partial charge in [0.1, 0.15) is 0 Å². The Bertz CT molecular complexity index is 698. The lowest BCUT2D eigenvalue weighted by Gasteiger charge is -2.38. The highest BCUT2D eigenvalue weighted by Gasteiger charge is 2.43. The van der Waals surface area contributed by atoms with E-state index >= 15 is 0 Å². The lowest BCUT2D eigenvalue weighted by Crippen LogP contribution is -2.48. The molecule has 3 aliphatic rings. The largest absolute Gasteiger partial charge is 0.454 e. The summed E-state index contributed by atoms with van der Waals surface area (Å²) in [6.07, 6.45) is 1.02. The van der Waals surface area contributed by atoms with Crippen LogP contribution in [-0.4, -0.2) is 51.0 Å². The van der Waals surface area contributed by atoms with Crippen molar-refractivity contribution in [3.63, 3.8) is 0 Å². The maximum absolute atomic E-state index is 13.3. The lowest BCUT2D eigenvalue weighted by atomic mass is 9.74. The fourth-order valence-electron chi connectivity index (χ4n) is 3.84. The Morgan fingerprint density at radius 1 is 1.22 bits per heavy atom. The fourth-order valence-corrected chi connectivity index (χ4v) is 3.84. The summed E-state index contributed by atoms with van der Waals surface area (Å²) in [5.41, 5.74) is 0.728. The molecule has 27 heavy (non-hydrogen) atoms. The predicted molar refractivity (Wildman–Crippen MR) is 95.9 cm³/mol. The minimum Gasteiger partial charge on any atom is -0.454 e. The van der Waals surface area contributed by atoms with Gasteiger partial charge in [-0.05, 0) is 30.5 Å². The average Bonchev–Trinajstić information content (AvgIpc) is 3.25. The van der Waals surface area contributed by atoms with Gasteiger partial charge >= 0.3 is 0 Å². The van der Waals surface area contributed by atoms with Crippen LogP contribution in [0.5, 0.6) is 11.5 Å². The molecule has 1 aromatic carbocycles. The zero-order valence-corrected chi connectivity index (χ0v) is 15.6. The fraction of sp³-hybridized carbons (Fsp3) is 0.611. The molecule has 0 bridgehead atoms. The zero-order valence-electron chi connectivity index (χ0n) is 14.8. The molecule has 2 N–H and O–H groups in total. The second-order valence-corrected chi connectivity index (χ2v) is 7.17. The SMILES string of the molecule is Cl.O=C(NCC1(c2ccc3c(c2)OCO3)CCOCC1)C1CC(F)(F)CN1. The number of ether oxygens (including phenoxy) is 3. The van der Waals surface area contributed by atoms with E-state index in [-0.39, 0.29) is 30.5 Å². The number of hydrogen-bond donors (Lipinski definition) is 2. The van der Waals surface area contributed by atoms with E-state index in [2.05, 4.69) is 10.6 Å². The van der Waals surface area contributed by atoms with Crippen LogP contribution in [0, 0.1) is 0 Å². The number of alkyl halides is 2. The quantitative estimate of drug-likeness (QED) is 0.803. The highest BCUT2D eigenvalue weighted by molar-refractivity contribution is 5.85. The van der Waals surface area contributed by atoms with Gasteiger partial charge in [-0.3, -0.25) is 10.1 Å². The summed E-state index contributed by atoms with van der Waals surface area (Å²) in [5.74, 6) is -1.81. The van der Waals surface area contributed by atoms with Gasteiger partial charge in [0.05, 0.1) is 12.6 Å². The van der Waals surface area contributed by atoms with Crippen molar-refractivity contribution in [2.45, 2.75) is 36.6 Å². The van der Waals surface area contributed by atoms with Gasteiger partial charge in [-0.1, -0.05) is 6.07 Å². The third kappa shape index (κ3) is 4.12. The van der Waals surface area contributed by atoms with E-state index in [1.807, 2.05) is 18.2 Å². The number of hydrogen-bond acceptors (Lipinski definition) is 5. The molecule has 1 atom stereocenters. The molecule has 0 radical (unpaired) electrons. The highest BCUT2D eigenvalue weighted by Crippen LogP contribution is 2.40. The first-order valence-electron chi connectivity index (χ1n) is 8.84. The Morgan fingerprint density at radius 2 is 1.96 bits per heavy atom. The van der Waals surface area contributed by atoms with Crippen molar-refractivity contribution in [1.29, 1.82) is 0 Å². The second kappa shape index (κ2) is 7.77. The van der Waals surface area contributed by atoms with E-state index in [0.717, 1.165) is 18.4 Å². The number of amides is 1. The van der Waals surface area contributed by atoms with Crippen LogP contribution in [0.1, 0.15) is 24.8 Å². The van der Waals surface area contributed by atoms with Gasteiger partial charge in [-0.15, -0.1) is 12.4 Å². The summed E-state index contributed by atoms with van der Waals surface area (Å²) < 4.78 is 43.0. The number of halogens is 3. The van der Waals surface area contributed by atoms with Gasteiger partial charge < -0.3 is 19.5 Å². The molecule has 150 valence electrons. The van der Waals surface area contributed by atoms with Crippen LogP contribution in [-0.2, 0) is 14.9 Å². The topological polar surface area (TPSA) is 68.8 Å². The number of benzene rings is 1. The van der Waals surface area contributed by atoms with E-state index in [1.165, 1.54) is 0 Å². The van der Waals surface area contributed by atoms with Crippen LogP contribution in [0.15, 0.2) is 18.2 Å². The molecule has 2 saturated heterocycles. The van der Waals surface area contributed by atoms with Gasteiger partial charge in [0.2, 0.25) is 12.7 Å². The van der Waals surface area contributed by atoms with E-state index < -0.39 is 24.9 Å². The molecule has 0 aliphatic carbocycles.